The van der Waals surface area contributed by atoms with Crippen LogP contribution in [-0.4, -0.2) is 49.9 Å². The molecule has 0 amide bonds. The van der Waals surface area contributed by atoms with Gasteiger partial charge in [0, 0.05) is 37.3 Å². The number of Topliss-reactive ketones (excluding diaryl/α,β-unsaturated/α-hetero) is 1. The predicted molar refractivity (Wildman–Crippen MR) is 121 cm³/mol. The number of alkyl halides is 3. The van der Waals surface area contributed by atoms with Gasteiger partial charge in [-0.05, 0) is 25.5 Å². The third-order valence-corrected chi connectivity index (χ3v) is 6.22. The smallest absolute Gasteiger partial charge is 0.420 e. The number of aryl methyl sites for hydroxylation is 1. The topological polar surface area (TPSA) is 105 Å². The van der Waals surface area contributed by atoms with Gasteiger partial charge in [-0.2, -0.15) is 28.4 Å². The van der Waals surface area contributed by atoms with Crippen molar-refractivity contribution >= 4 is 27.5 Å². The summed E-state index contributed by atoms with van der Waals surface area (Å²) in [5.41, 5.74) is 0.910. The Morgan fingerprint density at radius 1 is 1.14 bits per heavy atom. The number of ether oxygens (including phenoxy) is 2. The molecule has 0 saturated heterocycles. The fourth-order valence-electron chi connectivity index (χ4n) is 3.76. The molecule has 0 aliphatic heterocycles. The fraction of sp³-hybridized carbons (Fsp3) is 0.364. The summed E-state index contributed by atoms with van der Waals surface area (Å²) < 4.78 is 52.1. The lowest BCUT2D eigenvalue weighted by molar-refractivity contribution is -0.138. The van der Waals surface area contributed by atoms with Crippen molar-refractivity contribution in [2.45, 2.75) is 39.0 Å². The second-order valence-electron chi connectivity index (χ2n) is 7.70. The highest BCUT2D eigenvalue weighted by atomic mass is 32.1. The first kappa shape index (κ1) is 24.7. The van der Waals surface area contributed by atoms with Gasteiger partial charge in [-0.15, -0.1) is 4.80 Å². The number of carbonyl (C=O) groups is 1. The number of fused-ring (bicyclic) bond motifs is 1. The normalized spacial score (nSPS) is 12.8. The number of rotatable bonds is 8. The van der Waals surface area contributed by atoms with Gasteiger partial charge < -0.3 is 9.47 Å². The van der Waals surface area contributed by atoms with E-state index < -0.39 is 17.6 Å². The van der Waals surface area contributed by atoms with Gasteiger partial charge in [-0.25, -0.2) is 9.97 Å². The van der Waals surface area contributed by atoms with Crippen molar-refractivity contribution in [3.8, 4) is 11.7 Å². The van der Waals surface area contributed by atoms with Gasteiger partial charge in [0.1, 0.15) is 21.7 Å². The highest BCUT2D eigenvalue weighted by Gasteiger charge is 2.37. The van der Waals surface area contributed by atoms with E-state index in [-0.39, 0.29) is 36.2 Å². The molecular formula is C22H21F3N6O3S. The molecule has 0 fully saturated rings. The van der Waals surface area contributed by atoms with Gasteiger partial charge in [0.25, 0.3) is 0 Å². The predicted octanol–water partition coefficient (Wildman–Crippen LogP) is 4.06. The molecule has 4 aromatic rings. The lowest BCUT2D eigenvalue weighted by atomic mass is 9.97. The van der Waals surface area contributed by atoms with E-state index in [0.29, 0.717) is 11.1 Å². The van der Waals surface area contributed by atoms with Gasteiger partial charge in [0.05, 0.1) is 30.6 Å². The summed E-state index contributed by atoms with van der Waals surface area (Å²) in [5, 5.41) is 8.30. The number of carbonyl (C=O) groups excluding carboxylic acids is 1. The second kappa shape index (κ2) is 9.66. The highest BCUT2D eigenvalue weighted by Crippen LogP contribution is 2.36. The summed E-state index contributed by atoms with van der Waals surface area (Å²) in [6, 6.07) is 0.854. The van der Waals surface area contributed by atoms with Gasteiger partial charge >= 0.3 is 6.18 Å². The molecular weight excluding hydrogens is 485 g/mol. The largest absolute Gasteiger partial charge is 0.481 e. The zero-order valence-electron chi connectivity index (χ0n) is 19.3. The van der Waals surface area contributed by atoms with E-state index in [9.17, 15) is 18.0 Å². The molecule has 0 aliphatic rings. The monoisotopic (exact) mass is 506 g/mol. The third kappa shape index (κ3) is 5.00. The molecule has 0 radical (unpaired) electrons. The Balaban J connectivity index is 1.70. The van der Waals surface area contributed by atoms with Crippen LogP contribution in [0.25, 0.3) is 16.2 Å². The van der Waals surface area contributed by atoms with Crippen LogP contribution in [0.3, 0.4) is 0 Å². The first-order valence-corrected chi connectivity index (χ1v) is 11.2. The second-order valence-corrected chi connectivity index (χ2v) is 8.88. The quantitative estimate of drug-likeness (QED) is 0.352. The van der Waals surface area contributed by atoms with E-state index in [1.807, 2.05) is 13.8 Å². The van der Waals surface area contributed by atoms with Gasteiger partial charge in [-0.3, -0.25) is 4.79 Å². The fourth-order valence-corrected chi connectivity index (χ4v) is 4.53. The minimum atomic E-state index is -4.75. The van der Waals surface area contributed by atoms with E-state index in [0.717, 1.165) is 26.3 Å². The van der Waals surface area contributed by atoms with Crippen molar-refractivity contribution in [3.05, 3.63) is 51.9 Å². The van der Waals surface area contributed by atoms with Gasteiger partial charge in [0.2, 0.25) is 5.88 Å². The van der Waals surface area contributed by atoms with Crippen molar-refractivity contribution in [2.24, 2.45) is 0 Å². The SMILES string of the molecule is COc1nc(-n2nccn2)c(C(F)(F)F)cc1CC(=O)Cc1cnc2sc(C)nc2c1C(C)OC. The Bertz CT molecular complexity index is 1370. The Morgan fingerprint density at radius 2 is 1.83 bits per heavy atom. The number of thiazole rings is 1. The maximum Gasteiger partial charge on any atom is 0.420 e. The molecule has 1 unspecified atom stereocenters. The summed E-state index contributed by atoms with van der Waals surface area (Å²) in [6.45, 7) is 3.69. The summed E-state index contributed by atoms with van der Waals surface area (Å²) in [5.74, 6) is -1.01. The standard InChI is InChI=1S/C22H21F3N6O3S/c1-11(33-3)17-14(10-26-21-18(17)29-12(2)35-21)8-15(32)7-13-9-16(22(23,24)25)19(30-20(13)34-4)31-27-5-6-28-31/h5-6,9-11H,7-8H2,1-4H3. The number of ketones is 1. The summed E-state index contributed by atoms with van der Waals surface area (Å²) in [4.78, 5) is 27.4. The molecule has 184 valence electrons. The van der Waals surface area contributed by atoms with Crippen LogP contribution in [0, 0.1) is 6.92 Å². The first-order chi connectivity index (χ1) is 16.6. The van der Waals surface area contributed by atoms with Crippen LogP contribution in [0.4, 0.5) is 13.2 Å². The minimum Gasteiger partial charge on any atom is -0.481 e. The van der Waals surface area contributed by atoms with Gasteiger partial charge in [-0.1, -0.05) is 11.3 Å². The maximum atomic E-state index is 13.8. The molecule has 0 saturated carbocycles. The van der Waals surface area contributed by atoms with E-state index in [1.54, 1.807) is 13.3 Å². The Hall–Kier alpha value is -3.45. The van der Waals surface area contributed by atoms with E-state index in [1.165, 1.54) is 30.8 Å². The van der Waals surface area contributed by atoms with Crippen LogP contribution in [0.5, 0.6) is 5.88 Å². The number of hydrogen-bond acceptors (Lipinski definition) is 9. The molecule has 4 heterocycles. The Kier molecular flexibility index (Phi) is 6.81. The number of pyridine rings is 2. The van der Waals surface area contributed by atoms with Crippen molar-refractivity contribution in [1.29, 1.82) is 0 Å². The third-order valence-electron chi connectivity index (χ3n) is 5.34. The van der Waals surface area contributed by atoms with Crippen LogP contribution >= 0.6 is 11.3 Å². The zero-order valence-corrected chi connectivity index (χ0v) is 20.1. The Morgan fingerprint density at radius 3 is 2.46 bits per heavy atom. The Labute approximate surface area is 201 Å². The molecule has 9 nitrogen and oxygen atoms in total. The molecule has 0 aliphatic carbocycles. The number of aromatic nitrogens is 6. The van der Waals surface area contributed by atoms with E-state index in [2.05, 4.69) is 25.1 Å². The van der Waals surface area contributed by atoms with E-state index >= 15 is 0 Å². The lowest BCUT2D eigenvalue weighted by Gasteiger charge is -2.17. The summed E-state index contributed by atoms with van der Waals surface area (Å²) in [6.07, 6.45) is -1.46. The van der Waals surface area contributed by atoms with Crippen molar-refractivity contribution < 1.29 is 27.4 Å². The van der Waals surface area contributed by atoms with Crippen LogP contribution in [0.15, 0.2) is 24.7 Å². The van der Waals surface area contributed by atoms with Crippen molar-refractivity contribution in [3.63, 3.8) is 0 Å². The molecule has 0 spiro atoms. The minimum absolute atomic E-state index is 0.000566. The number of halogens is 3. The molecule has 4 rings (SSSR count). The van der Waals surface area contributed by atoms with Crippen molar-refractivity contribution in [1.82, 2.24) is 29.9 Å². The maximum absolute atomic E-state index is 13.8. The average Bonchev–Trinajstić information content (AvgIpc) is 3.46. The molecule has 1 atom stereocenters. The number of methoxy groups -OCH3 is 2. The summed E-state index contributed by atoms with van der Waals surface area (Å²) in [7, 11) is 2.82. The number of nitrogens with zero attached hydrogens (tertiary/aromatic N) is 6. The molecule has 0 aromatic carbocycles. The highest BCUT2D eigenvalue weighted by molar-refractivity contribution is 7.18. The van der Waals surface area contributed by atoms with Crippen LogP contribution in [-0.2, 0) is 28.5 Å². The zero-order chi connectivity index (χ0) is 25.3. The van der Waals surface area contributed by atoms with Crippen LogP contribution in [0.2, 0.25) is 0 Å². The number of hydrogen-bond donors (Lipinski definition) is 0. The lowest BCUT2D eigenvalue weighted by Crippen LogP contribution is -2.18. The summed E-state index contributed by atoms with van der Waals surface area (Å²) >= 11 is 1.43. The molecule has 0 N–H and O–H groups in total. The average molecular weight is 507 g/mol. The van der Waals surface area contributed by atoms with Crippen LogP contribution in [0.1, 0.15) is 40.3 Å². The molecule has 13 heteroatoms. The molecule has 0 bridgehead atoms. The first-order valence-electron chi connectivity index (χ1n) is 10.4. The van der Waals surface area contributed by atoms with Gasteiger partial charge in [0.15, 0.2) is 5.82 Å². The van der Waals surface area contributed by atoms with Crippen molar-refractivity contribution in [2.75, 3.05) is 14.2 Å². The molecule has 35 heavy (non-hydrogen) atoms. The van der Waals surface area contributed by atoms with E-state index in [4.69, 9.17) is 9.47 Å². The molecule has 4 aromatic heterocycles. The van der Waals surface area contributed by atoms with Crippen LogP contribution < -0.4 is 4.74 Å².